The van der Waals surface area contributed by atoms with E-state index in [0.29, 0.717) is 10.9 Å². The lowest BCUT2D eigenvalue weighted by Crippen LogP contribution is -1.85. The maximum absolute atomic E-state index is 11.1. The van der Waals surface area contributed by atoms with Crippen LogP contribution in [0.5, 0.6) is 17.2 Å². The predicted octanol–water partition coefficient (Wildman–Crippen LogP) is 2.06. The summed E-state index contributed by atoms with van der Waals surface area (Å²) < 4.78 is 5.11. The molecule has 1 heterocycles. The third-order valence-corrected chi connectivity index (χ3v) is 2.50. The van der Waals surface area contributed by atoms with Crippen LogP contribution >= 0.6 is 0 Å². The lowest BCUT2D eigenvalue weighted by atomic mass is 10.1. The number of aryl methyl sites for hydroxylation is 1. The van der Waals surface area contributed by atoms with Gasteiger partial charge in [0.2, 0.25) is 11.5 Å². The Bertz CT molecular complexity index is 549. The topological polar surface area (TPSA) is 90.9 Å². The molecule has 5 heteroatoms. The summed E-state index contributed by atoms with van der Waals surface area (Å²) in [5, 5.41) is 28.8. The van der Waals surface area contributed by atoms with E-state index in [-0.39, 0.29) is 17.1 Å². The van der Waals surface area contributed by atoms with E-state index < -0.39 is 17.2 Å². The smallest absolute Gasteiger partial charge is 0.205 e. The van der Waals surface area contributed by atoms with Gasteiger partial charge in [-0.1, -0.05) is 0 Å². The van der Waals surface area contributed by atoms with Gasteiger partial charge in [-0.25, -0.2) is 0 Å². The van der Waals surface area contributed by atoms with Gasteiger partial charge in [0.25, 0.3) is 0 Å². The Hall–Kier alpha value is -2.17. The molecule has 1 aromatic heterocycles. The lowest BCUT2D eigenvalue weighted by molar-refractivity contribution is 0.0989. The lowest BCUT2D eigenvalue weighted by Gasteiger charge is -2.04. The fourth-order valence-electron chi connectivity index (χ4n) is 1.54. The number of hydrogen-bond acceptors (Lipinski definition) is 5. The molecule has 0 radical (unpaired) electrons. The number of hydrogen-bond donors (Lipinski definition) is 3. The Morgan fingerprint density at radius 2 is 1.81 bits per heavy atom. The molecular formula is C11H10O5. The summed E-state index contributed by atoms with van der Waals surface area (Å²) in [5.74, 6) is -1.85. The van der Waals surface area contributed by atoms with Crippen molar-refractivity contribution in [1.29, 1.82) is 0 Å². The van der Waals surface area contributed by atoms with E-state index in [1.807, 2.05) is 0 Å². The monoisotopic (exact) mass is 222 g/mol. The quantitative estimate of drug-likeness (QED) is 0.507. The molecule has 5 nitrogen and oxygen atoms in total. The van der Waals surface area contributed by atoms with Crippen LogP contribution in [0.1, 0.15) is 23.0 Å². The summed E-state index contributed by atoms with van der Waals surface area (Å²) in [6.07, 6.45) is 0. The second-order valence-corrected chi connectivity index (χ2v) is 3.58. The average Bonchev–Trinajstić information content (AvgIpc) is 2.68. The Labute approximate surface area is 90.5 Å². The second kappa shape index (κ2) is 3.16. The van der Waals surface area contributed by atoms with E-state index in [0.717, 1.165) is 0 Å². The molecular weight excluding hydrogens is 212 g/mol. The third kappa shape index (κ3) is 1.21. The maximum Gasteiger partial charge on any atom is 0.205 e. The van der Waals surface area contributed by atoms with Crippen LogP contribution < -0.4 is 0 Å². The molecule has 0 bridgehead atoms. The highest BCUT2D eigenvalue weighted by Gasteiger charge is 2.20. The molecule has 0 aliphatic carbocycles. The molecule has 0 saturated heterocycles. The van der Waals surface area contributed by atoms with Crippen molar-refractivity contribution < 1.29 is 24.5 Å². The van der Waals surface area contributed by atoms with Crippen molar-refractivity contribution >= 4 is 16.8 Å². The van der Waals surface area contributed by atoms with Crippen LogP contribution in [-0.4, -0.2) is 21.1 Å². The van der Waals surface area contributed by atoms with Gasteiger partial charge >= 0.3 is 0 Å². The zero-order valence-corrected chi connectivity index (χ0v) is 8.74. The van der Waals surface area contributed by atoms with Crippen molar-refractivity contribution in [2.75, 3.05) is 0 Å². The summed E-state index contributed by atoms with van der Waals surface area (Å²) >= 11 is 0. The number of rotatable bonds is 1. The highest BCUT2D eigenvalue weighted by atomic mass is 16.4. The minimum atomic E-state index is -0.644. The molecule has 16 heavy (non-hydrogen) atoms. The first-order valence-corrected chi connectivity index (χ1v) is 4.61. The summed E-state index contributed by atoms with van der Waals surface area (Å²) in [4.78, 5) is 11.1. The molecule has 2 rings (SSSR count). The minimum Gasteiger partial charge on any atom is -0.504 e. The number of phenols is 3. The highest BCUT2D eigenvalue weighted by molar-refractivity contribution is 5.99. The van der Waals surface area contributed by atoms with E-state index in [4.69, 9.17) is 4.42 Å². The molecule has 0 saturated carbocycles. The van der Waals surface area contributed by atoms with Crippen LogP contribution in [0.3, 0.4) is 0 Å². The summed E-state index contributed by atoms with van der Waals surface area (Å²) in [5.41, 5.74) is 0.347. The molecule has 0 aliphatic rings. The van der Waals surface area contributed by atoms with E-state index >= 15 is 0 Å². The SMILES string of the molecule is CC(=O)c1cc2c(C)c(O)c(O)c(O)c2o1. The van der Waals surface area contributed by atoms with Crippen LogP contribution in [0, 0.1) is 6.92 Å². The van der Waals surface area contributed by atoms with Crippen LogP contribution in [0.4, 0.5) is 0 Å². The Kier molecular flexibility index (Phi) is 2.05. The molecule has 3 N–H and O–H groups in total. The molecule has 0 aliphatic heterocycles. The normalized spacial score (nSPS) is 10.9. The molecule has 0 unspecified atom stereocenters. The van der Waals surface area contributed by atoms with E-state index in [1.54, 1.807) is 6.92 Å². The summed E-state index contributed by atoms with van der Waals surface area (Å²) in [7, 11) is 0. The largest absolute Gasteiger partial charge is 0.504 e. The van der Waals surface area contributed by atoms with Gasteiger partial charge in [-0.2, -0.15) is 0 Å². The van der Waals surface area contributed by atoms with Gasteiger partial charge in [-0.3, -0.25) is 4.79 Å². The van der Waals surface area contributed by atoms with Gasteiger partial charge in [0.1, 0.15) is 0 Å². The number of carbonyl (C=O) groups is 1. The Morgan fingerprint density at radius 3 is 2.38 bits per heavy atom. The first-order chi connectivity index (χ1) is 7.43. The molecule has 2 aromatic rings. The zero-order chi connectivity index (χ0) is 12.0. The fourth-order valence-corrected chi connectivity index (χ4v) is 1.54. The van der Waals surface area contributed by atoms with E-state index in [2.05, 4.69) is 0 Å². The van der Waals surface area contributed by atoms with Gasteiger partial charge in [0, 0.05) is 17.9 Å². The number of aromatic hydroxyl groups is 3. The maximum atomic E-state index is 11.1. The number of ketones is 1. The number of benzene rings is 1. The van der Waals surface area contributed by atoms with Crippen LogP contribution in [-0.2, 0) is 0 Å². The van der Waals surface area contributed by atoms with Gasteiger partial charge < -0.3 is 19.7 Å². The Morgan fingerprint density at radius 1 is 1.19 bits per heavy atom. The number of phenolic OH excluding ortho intramolecular Hbond substituents is 3. The van der Waals surface area contributed by atoms with Crippen molar-refractivity contribution in [3.63, 3.8) is 0 Å². The van der Waals surface area contributed by atoms with Gasteiger partial charge in [-0.15, -0.1) is 0 Å². The number of furan rings is 1. The van der Waals surface area contributed by atoms with Crippen molar-refractivity contribution in [3.05, 3.63) is 17.4 Å². The number of fused-ring (bicyclic) bond motifs is 1. The predicted molar refractivity (Wildman–Crippen MR) is 55.9 cm³/mol. The number of carbonyl (C=O) groups excluding carboxylic acids is 1. The van der Waals surface area contributed by atoms with Crippen LogP contribution in [0.2, 0.25) is 0 Å². The van der Waals surface area contributed by atoms with Gasteiger partial charge in [0.15, 0.2) is 22.9 Å². The Balaban J connectivity index is 2.92. The molecule has 0 spiro atoms. The molecule has 1 aromatic carbocycles. The molecule has 0 atom stereocenters. The summed E-state index contributed by atoms with van der Waals surface area (Å²) in [6, 6.07) is 1.42. The first-order valence-electron chi connectivity index (χ1n) is 4.61. The van der Waals surface area contributed by atoms with Crippen LogP contribution in [0.25, 0.3) is 11.0 Å². The molecule has 0 amide bonds. The second-order valence-electron chi connectivity index (χ2n) is 3.58. The average molecular weight is 222 g/mol. The van der Waals surface area contributed by atoms with Gasteiger partial charge in [0.05, 0.1) is 0 Å². The molecule has 0 fully saturated rings. The van der Waals surface area contributed by atoms with Crippen molar-refractivity contribution in [3.8, 4) is 17.2 Å². The highest BCUT2D eigenvalue weighted by Crippen LogP contribution is 2.45. The van der Waals surface area contributed by atoms with E-state index in [9.17, 15) is 20.1 Å². The zero-order valence-electron chi connectivity index (χ0n) is 8.74. The van der Waals surface area contributed by atoms with E-state index in [1.165, 1.54) is 13.0 Å². The van der Waals surface area contributed by atoms with Crippen LogP contribution in [0.15, 0.2) is 10.5 Å². The van der Waals surface area contributed by atoms with Crippen molar-refractivity contribution in [2.45, 2.75) is 13.8 Å². The third-order valence-electron chi connectivity index (χ3n) is 2.50. The van der Waals surface area contributed by atoms with Gasteiger partial charge in [-0.05, 0) is 13.0 Å². The fraction of sp³-hybridized carbons (Fsp3) is 0.182. The number of Topliss-reactive ketones (excluding diaryl/α,β-unsaturated/α-hetero) is 1. The summed E-state index contributed by atoms with van der Waals surface area (Å²) in [6.45, 7) is 2.88. The van der Waals surface area contributed by atoms with Crippen molar-refractivity contribution in [1.82, 2.24) is 0 Å². The standard InChI is InChI=1S/C11H10O5/c1-4-6-3-7(5(2)12)16-11(6)10(15)9(14)8(4)13/h3,13-15H,1-2H3. The minimum absolute atomic E-state index is 0.00185. The van der Waals surface area contributed by atoms with Crippen molar-refractivity contribution in [2.24, 2.45) is 0 Å². The first kappa shape index (κ1) is 10.4. The molecule has 84 valence electrons.